The number of rotatable bonds is 2. The number of carboxylic acids is 1. The second kappa shape index (κ2) is 5.71. The summed E-state index contributed by atoms with van der Waals surface area (Å²) in [4.78, 5) is 10.9. The number of hydrogen-bond donors (Lipinski definition) is 1. The van der Waals surface area contributed by atoms with Crippen molar-refractivity contribution in [2.45, 2.75) is 33.6 Å². The van der Waals surface area contributed by atoms with Crippen LogP contribution in [-0.4, -0.2) is 15.6 Å². The molecule has 0 radical (unpaired) electrons. The van der Waals surface area contributed by atoms with E-state index in [9.17, 15) is 4.79 Å². The van der Waals surface area contributed by atoms with Crippen LogP contribution in [-0.2, 0) is 7.05 Å². The topological polar surface area (TPSA) is 42.2 Å². The molecule has 0 atom stereocenters. The molecule has 0 saturated heterocycles. The van der Waals surface area contributed by atoms with Crippen molar-refractivity contribution >= 4 is 16.9 Å². The molecule has 0 aliphatic heterocycles. The van der Waals surface area contributed by atoms with E-state index in [4.69, 9.17) is 5.11 Å². The normalized spacial score (nSPS) is 10.3. The van der Waals surface area contributed by atoms with Crippen molar-refractivity contribution in [3.63, 3.8) is 0 Å². The Balaban J connectivity index is 0.000000771. The molecule has 3 nitrogen and oxygen atoms in total. The third kappa shape index (κ3) is 2.55. The molecular weight excluding hydrogens is 226 g/mol. The predicted molar refractivity (Wildman–Crippen MR) is 75.3 cm³/mol. The van der Waals surface area contributed by atoms with Gasteiger partial charge in [-0.15, -0.1) is 0 Å². The van der Waals surface area contributed by atoms with Crippen molar-refractivity contribution in [2.75, 3.05) is 0 Å². The smallest absolute Gasteiger partial charge is 0.335 e. The first-order chi connectivity index (χ1) is 8.50. The first-order valence-corrected chi connectivity index (χ1v) is 6.33. The molecule has 0 unspecified atom stereocenters. The Kier molecular flexibility index (Phi) is 4.54. The summed E-state index contributed by atoms with van der Waals surface area (Å²) in [6, 6.07) is 5.27. The predicted octanol–water partition coefficient (Wildman–Crippen LogP) is 4.03. The first kappa shape index (κ1) is 14.3. The van der Waals surface area contributed by atoms with Crippen molar-refractivity contribution < 1.29 is 9.90 Å². The summed E-state index contributed by atoms with van der Waals surface area (Å²) in [6.07, 6.45) is 2.07. The SMILES string of the molecule is CC.CC(C)c1cn(C)c2ccc(C(=O)O)cc12. The zero-order valence-electron chi connectivity index (χ0n) is 11.7. The molecule has 2 rings (SSSR count). The molecule has 0 bridgehead atoms. The first-order valence-electron chi connectivity index (χ1n) is 6.33. The van der Waals surface area contributed by atoms with Gasteiger partial charge in [0.2, 0.25) is 0 Å². The van der Waals surface area contributed by atoms with Crippen LogP contribution in [0.2, 0.25) is 0 Å². The maximum absolute atomic E-state index is 10.9. The van der Waals surface area contributed by atoms with Gasteiger partial charge in [-0.2, -0.15) is 0 Å². The quantitative estimate of drug-likeness (QED) is 0.870. The molecule has 1 aromatic carbocycles. The van der Waals surface area contributed by atoms with Gasteiger partial charge >= 0.3 is 5.97 Å². The van der Waals surface area contributed by atoms with Crippen LogP contribution in [0.5, 0.6) is 0 Å². The van der Waals surface area contributed by atoms with E-state index in [0.717, 1.165) is 10.9 Å². The number of aromatic carboxylic acids is 1. The van der Waals surface area contributed by atoms with Gasteiger partial charge in [-0.05, 0) is 29.7 Å². The van der Waals surface area contributed by atoms with Crippen LogP contribution >= 0.6 is 0 Å². The van der Waals surface area contributed by atoms with Crippen LogP contribution < -0.4 is 0 Å². The summed E-state index contributed by atoms with van der Waals surface area (Å²) in [6.45, 7) is 8.23. The molecule has 1 aromatic heterocycles. The van der Waals surface area contributed by atoms with Crippen LogP contribution in [0.4, 0.5) is 0 Å². The lowest BCUT2D eigenvalue weighted by molar-refractivity contribution is 0.0697. The number of nitrogens with zero attached hydrogens (tertiary/aromatic N) is 1. The molecule has 1 heterocycles. The number of carboxylic acid groups (broad SMARTS) is 1. The Morgan fingerprint density at radius 1 is 1.28 bits per heavy atom. The molecule has 0 spiro atoms. The highest BCUT2D eigenvalue weighted by Gasteiger charge is 2.12. The van der Waals surface area contributed by atoms with E-state index in [-0.39, 0.29) is 0 Å². The highest BCUT2D eigenvalue weighted by Crippen LogP contribution is 2.27. The second-order valence-electron chi connectivity index (χ2n) is 4.39. The molecule has 0 saturated carbocycles. The van der Waals surface area contributed by atoms with Crippen LogP contribution in [0.3, 0.4) is 0 Å². The number of fused-ring (bicyclic) bond motifs is 1. The second-order valence-corrected chi connectivity index (χ2v) is 4.39. The fourth-order valence-corrected chi connectivity index (χ4v) is 2.02. The molecule has 0 amide bonds. The van der Waals surface area contributed by atoms with E-state index in [1.807, 2.05) is 31.5 Å². The maximum Gasteiger partial charge on any atom is 0.335 e. The van der Waals surface area contributed by atoms with E-state index < -0.39 is 5.97 Å². The van der Waals surface area contributed by atoms with Crippen molar-refractivity contribution in [3.8, 4) is 0 Å². The number of benzene rings is 1. The van der Waals surface area contributed by atoms with Gasteiger partial charge in [-0.25, -0.2) is 4.79 Å². The largest absolute Gasteiger partial charge is 0.478 e. The highest BCUT2D eigenvalue weighted by molar-refractivity contribution is 5.95. The summed E-state index contributed by atoms with van der Waals surface area (Å²) < 4.78 is 2.04. The lowest BCUT2D eigenvalue weighted by Gasteiger charge is -2.02. The van der Waals surface area contributed by atoms with Gasteiger partial charge in [-0.1, -0.05) is 27.7 Å². The molecule has 1 N–H and O–H groups in total. The van der Waals surface area contributed by atoms with Crippen molar-refractivity contribution in [3.05, 3.63) is 35.5 Å². The fraction of sp³-hybridized carbons (Fsp3) is 0.400. The highest BCUT2D eigenvalue weighted by atomic mass is 16.4. The number of hydrogen-bond acceptors (Lipinski definition) is 1. The zero-order valence-corrected chi connectivity index (χ0v) is 11.7. The molecule has 18 heavy (non-hydrogen) atoms. The van der Waals surface area contributed by atoms with Crippen molar-refractivity contribution in [1.29, 1.82) is 0 Å². The number of aromatic nitrogens is 1. The molecule has 0 aliphatic rings. The average Bonchev–Trinajstić information content (AvgIpc) is 2.69. The van der Waals surface area contributed by atoms with E-state index in [1.165, 1.54) is 5.56 Å². The third-order valence-corrected chi connectivity index (χ3v) is 2.89. The molecule has 0 fully saturated rings. The van der Waals surface area contributed by atoms with E-state index in [0.29, 0.717) is 11.5 Å². The Labute approximate surface area is 108 Å². The maximum atomic E-state index is 10.9. The lowest BCUT2D eigenvalue weighted by atomic mass is 10.0. The minimum atomic E-state index is -0.875. The van der Waals surface area contributed by atoms with Gasteiger partial charge in [0.15, 0.2) is 0 Å². The molecule has 2 aromatic rings. The standard InChI is InChI=1S/C13H15NO2.C2H6/c1-8(2)11-7-14(3)12-5-4-9(13(15)16)6-10(11)12;1-2/h4-8H,1-3H3,(H,15,16);1-2H3. The third-order valence-electron chi connectivity index (χ3n) is 2.89. The molecule has 3 heteroatoms. The lowest BCUT2D eigenvalue weighted by Crippen LogP contribution is -1.96. The van der Waals surface area contributed by atoms with Gasteiger partial charge in [0, 0.05) is 24.1 Å². The average molecular weight is 247 g/mol. The molecule has 0 aliphatic carbocycles. The number of carbonyl (C=O) groups is 1. The summed E-state index contributed by atoms with van der Waals surface area (Å²) >= 11 is 0. The Hall–Kier alpha value is -1.77. The summed E-state index contributed by atoms with van der Waals surface area (Å²) in [5, 5.41) is 10.0. The van der Waals surface area contributed by atoms with Gasteiger partial charge in [-0.3, -0.25) is 0 Å². The Morgan fingerprint density at radius 3 is 2.39 bits per heavy atom. The van der Waals surface area contributed by atoms with Gasteiger partial charge in [0.25, 0.3) is 0 Å². The van der Waals surface area contributed by atoms with Crippen molar-refractivity contribution in [2.24, 2.45) is 7.05 Å². The molecular formula is C15H21NO2. The van der Waals surface area contributed by atoms with Gasteiger partial charge in [0.1, 0.15) is 0 Å². The van der Waals surface area contributed by atoms with Gasteiger partial charge in [0.05, 0.1) is 5.56 Å². The van der Waals surface area contributed by atoms with E-state index in [1.54, 1.807) is 12.1 Å². The van der Waals surface area contributed by atoms with Gasteiger partial charge < -0.3 is 9.67 Å². The van der Waals surface area contributed by atoms with Crippen LogP contribution in [0.15, 0.2) is 24.4 Å². The summed E-state index contributed by atoms with van der Waals surface area (Å²) in [5.41, 5.74) is 2.62. The van der Waals surface area contributed by atoms with Crippen LogP contribution in [0.25, 0.3) is 10.9 Å². The van der Waals surface area contributed by atoms with Crippen LogP contribution in [0, 0.1) is 0 Å². The van der Waals surface area contributed by atoms with Crippen LogP contribution in [0.1, 0.15) is 49.5 Å². The Morgan fingerprint density at radius 2 is 1.89 bits per heavy atom. The number of aryl methyl sites for hydroxylation is 1. The molecule has 98 valence electrons. The fourth-order valence-electron chi connectivity index (χ4n) is 2.02. The van der Waals surface area contributed by atoms with E-state index >= 15 is 0 Å². The minimum absolute atomic E-state index is 0.348. The van der Waals surface area contributed by atoms with Crippen molar-refractivity contribution in [1.82, 2.24) is 4.57 Å². The summed E-state index contributed by atoms with van der Waals surface area (Å²) in [7, 11) is 1.98. The zero-order chi connectivity index (χ0) is 13.9. The minimum Gasteiger partial charge on any atom is -0.478 e. The van der Waals surface area contributed by atoms with E-state index in [2.05, 4.69) is 20.0 Å². The Bertz CT molecular complexity index is 553. The monoisotopic (exact) mass is 247 g/mol. The summed E-state index contributed by atoms with van der Waals surface area (Å²) in [5.74, 6) is -0.479.